The molecule has 0 bridgehead atoms. The molecule has 0 saturated carbocycles. The topological polar surface area (TPSA) is 12.9 Å². The van der Waals surface area contributed by atoms with Crippen LogP contribution in [0.2, 0.25) is 0 Å². The Morgan fingerprint density at radius 2 is 1.10 bits per heavy atom. The van der Waals surface area contributed by atoms with E-state index >= 15 is 0 Å². The van der Waals surface area contributed by atoms with E-state index in [1.54, 1.807) is 0 Å². The summed E-state index contributed by atoms with van der Waals surface area (Å²) in [5, 5.41) is 7.95. The molecule has 0 radical (unpaired) electrons. The van der Waals surface area contributed by atoms with Gasteiger partial charge >= 0.3 is 0 Å². The van der Waals surface area contributed by atoms with E-state index in [1.807, 2.05) is 18.3 Å². The number of pyridine rings is 1. The Balaban J connectivity index is 1.53. The van der Waals surface area contributed by atoms with E-state index in [9.17, 15) is 0 Å². The van der Waals surface area contributed by atoms with Crippen molar-refractivity contribution < 1.29 is 0 Å². The van der Waals surface area contributed by atoms with Crippen molar-refractivity contribution in [1.29, 1.82) is 0 Å². The summed E-state index contributed by atoms with van der Waals surface area (Å²) in [4.78, 5) is 4.54. The molecule has 0 aliphatic rings. The largest absolute Gasteiger partial charge is 0.256 e. The van der Waals surface area contributed by atoms with Crippen LogP contribution in [0.5, 0.6) is 0 Å². The molecule has 0 saturated heterocycles. The molecule has 0 aliphatic heterocycles. The number of benzene rings is 6. The standard InChI is InChI=1S/C38H31N/c1-24-8-10-25(11-9-24)33-23-34(26-12-14-27(15-13-26)35-7-5-6-20-39-35)32-19-17-29-22-30(38(2,3)4)21-28-16-18-31(33)37(32)36(28)29/h5-23H,1-4H3. The summed E-state index contributed by atoms with van der Waals surface area (Å²) in [6.07, 6.45) is 1.85. The van der Waals surface area contributed by atoms with Crippen molar-refractivity contribution in [2.75, 3.05) is 0 Å². The van der Waals surface area contributed by atoms with E-state index in [4.69, 9.17) is 0 Å². The van der Waals surface area contributed by atoms with Gasteiger partial charge in [0.25, 0.3) is 0 Å². The Hall–Kier alpha value is -4.49. The lowest BCUT2D eigenvalue weighted by Crippen LogP contribution is -2.10. The van der Waals surface area contributed by atoms with Crippen LogP contribution in [0.3, 0.4) is 0 Å². The van der Waals surface area contributed by atoms with Crippen LogP contribution < -0.4 is 0 Å². The van der Waals surface area contributed by atoms with Gasteiger partial charge in [-0.25, -0.2) is 0 Å². The average molecular weight is 502 g/mol. The second-order valence-corrected chi connectivity index (χ2v) is 11.8. The van der Waals surface area contributed by atoms with Crippen LogP contribution >= 0.6 is 0 Å². The Morgan fingerprint density at radius 1 is 0.538 bits per heavy atom. The zero-order chi connectivity index (χ0) is 26.7. The van der Waals surface area contributed by atoms with E-state index in [1.165, 1.54) is 65.7 Å². The van der Waals surface area contributed by atoms with Gasteiger partial charge in [-0.05, 0) is 90.7 Å². The highest BCUT2D eigenvalue weighted by molar-refractivity contribution is 6.28. The molecule has 0 unspecified atom stereocenters. The highest BCUT2D eigenvalue weighted by Gasteiger charge is 2.20. The van der Waals surface area contributed by atoms with Gasteiger partial charge in [0.2, 0.25) is 0 Å². The smallest absolute Gasteiger partial charge is 0.0701 e. The van der Waals surface area contributed by atoms with Crippen molar-refractivity contribution in [1.82, 2.24) is 4.98 Å². The van der Waals surface area contributed by atoms with Crippen molar-refractivity contribution in [3.63, 3.8) is 0 Å². The molecule has 1 aromatic heterocycles. The van der Waals surface area contributed by atoms with Crippen LogP contribution in [0.1, 0.15) is 31.9 Å². The van der Waals surface area contributed by atoms with Gasteiger partial charge in [-0.2, -0.15) is 0 Å². The quantitative estimate of drug-likeness (QED) is 0.219. The monoisotopic (exact) mass is 501 g/mol. The summed E-state index contributed by atoms with van der Waals surface area (Å²) < 4.78 is 0. The summed E-state index contributed by atoms with van der Waals surface area (Å²) in [6, 6.07) is 40.3. The molecular formula is C38H31N. The van der Waals surface area contributed by atoms with Gasteiger partial charge in [-0.1, -0.05) is 117 Å². The molecule has 1 heterocycles. The third kappa shape index (κ3) is 3.97. The first-order valence-corrected chi connectivity index (χ1v) is 13.7. The Kier molecular flexibility index (Phi) is 5.32. The fourth-order valence-corrected chi connectivity index (χ4v) is 5.91. The molecule has 0 atom stereocenters. The second kappa shape index (κ2) is 8.78. The average Bonchev–Trinajstić information content (AvgIpc) is 2.96. The van der Waals surface area contributed by atoms with Gasteiger partial charge in [0.05, 0.1) is 5.69 Å². The van der Waals surface area contributed by atoms with E-state index < -0.39 is 0 Å². The maximum absolute atomic E-state index is 4.54. The summed E-state index contributed by atoms with van der Waals surface area (Å²) in [5.74, 6) is 0. The van der Waals surface area contributed by atoms with Gasteiger partial charge in [0, 0.05) is 11.8 Å². The first-order chi connectivity index (χ1) is 18.9. The van der Waals surface area contributed by atoms with Crippen LogP contribution in [0.15, 0.2) is 115 Å². The lowest BCUT2D eigenvalue weighted by molar-refractivity contribution is 0.591. The molecule has 1 nitrogen and oxygen atoms in total. The molecule has 7 rings (SSSR count). The number of nitrogens with zero attached hydrogens (tertiary/aromatic N) is 1. The molecule has 1 heteroatoms. The predicted molar refractivity (Wildman–Crippen MR) is 168 cm³/mol. The van der Waals surface area contributed by atoms with Gasteiger partial charge < -0.3 is 0 Å². The summed E-state index contributed by atoms with van der Waals surface area (Å²) in [5.41, 5.74) is 9.88. The molecule has 0 fully saturated rings. The fraction of sp³-hybridized carbons (Fsp3) is 0.132. The summed E-state index contributed by atoms with van der Waals surface area (Å²) in [6.45, 7) is 9.03. The summed E-state index contributed by atoms with van der Waals surface area (Å²) in [7, 11) is 0. The van der Waals surface area contributed by atoms with Gasteiger partial charge in [0.1, 0.15) is 0 Å². The molecule has 0 N–H and O–H groups in total. The van der Waals surface area contributed by atoms with E-state index in [0.29, 0.717) is 0 Å². The zero-order valence-corrected chi connectivity index (χ0v) is 22.9. The molecule has 188 valence electrons. The maximum Gasteiger partial charge on any atom is 0.0701 e. The number of aromatic nitrogens is 1. The van der Waals surface area contributed by atoms with E-state index in [-0.39, 0.29) is 5.41 Å². The molecule has 0 spiro atoms. The lowest BCUT2D eigenvalue weighted by atomic mass is 9.81. The van der Waals surface area contributed by atoms with Crippen LogP contribution in [-0.4, -0.2) is 4.98 Å². The molecule has 39 heavy (non-hydrogen) atoms. The van der Waals surface area contributed by atoms with Gasteiger partial charge in [-0.3, -0.25) is 4.98 Å². The molecule has 0 amide bonds. The minimum absolute atomic E-state index is 0.0953. The first kappa shape index (κ1) is 23.6. The highest BCUT2D eigenvalue weighted by Crippen LogP contribution is 2.45. The third-order valence-electron chi connectivity index (χ3n) is 8.10. The molecular weight excluding hydrogens is 470 g/mol. The fourth-order valence-electron chi connectivity index (χ4n) is 5.91. The normalized spacial score (nSPS) is 12.1. The first-order valence-electron chi connectivity index (χ1n) is 13.7. The minimum atomic E-state index is 0.0953. The Morgan fingerprint density at radius 3 is 1.64 bits per heavy atom. The number of hydrogen-bond donors (Lipinski definition) is 0. The highest BCUT2D eigenvalue weighted by atomic mass is 14.7. The Labute approximate surface area is 230 Å². The van der Waals surface area contributed by atoms with Gasteiger partial charge in [0.15, 0.2) is 0 Å². The van der Waals surface area contributed by atoms with Crippen molar-refractivity contribution >= 4 is 32.3 Å². The maximum atomic E-state index is 4.54. The molecule has 0 aliphatic carbocycles. The lowest BCUT2D eigenvalue weighted by Gasteiger charge is -2.23. The SMILES string of the molecule is Cc1ccc(-c2cc(-c3ccc(-c4ccccn4)cc3)c3ccc4cc(C(C)(C)C)cc5ccc2c3c54)cc1. The van der Waals surface area contributed by atoms with Crippen LogP contribution in [0, 0.1) is 6.92 Å². The van der Waals surface area contributed by atoms with E-state index in [0.717, 1.165) is 11.3 Å². The van der Waals surface area contributed by atoms with Crippen molar-refractivity contribution in [3.05, 3.63) is 127 Å². The molecule has 6 aromatic carbocycles. The third-order valence-corrected chi connectivity index (χ3v) is 8.10. The zero-order valence-electron chi connectivity index (χ0n) is 22.9. The minimum Gasteiger partial charge on any atom is -0.256 e. The van der Waals surface area contributed by atoms with Crippen LogP contribution in [0.4, 0.5) is 0 Å². The van der Waals surface area contributed by atoms with E-state index in [2.05, 4.69) is 130 Å². The number of hydrogen-bond acceptors (Lipinski definition) is 1. The van der Waals surface area contributed by atoms with Crippen LogP contribution in [0.25, 0.3) is 65.8 Å². The van der Waals surface area contributed by atoms with Crippen molar-refractivity contribution in [3.8, 4) is 33.5 Å². The number of aryl methyl sites for hydroxylation is 1. The second-order valence-electron chi connectivity index (χ2n) is 11.8. The summed E-state index contributed by atoms with van der Waals surface area (Å²) >= 11 is 0. The molecule has 7 aromatic rings. The number of rotatable bonds is 3. The predicted octanol–water partition coefficient (Wildman–Crippen LogP) is 10.6. The Bertz CT molecular complexity index is 1940. The van der Waals surface area contributed by atoms with Crippen molar-refractivity contribution in [2.45, 2.75) is 33.1 Å². The van der Waals surface area contributed by atoms with Gasteiger partial charge in [-0.15, -0.1) is 0 Å². The van der Waals surface area contributed by atoms with Crippen LogP contribution in [-0.2, 0) is 5.41 Å². The van der Waals surface area contributed by atoms with Crippen molar-refractivity contribution in [2.24, 2.45) is 0 Å².